The van der Waals surface area contributed by atoms with Crippen molar-refractivity contribution in [2.24, 2.45) is 0 Å². The molecule has 0 radical (unpaired) electrons. The third-order valence-corrected chi connectivity index (χ3v) is 6.24. The molecule has 0 saturated carbocycles. The molecule has 3 heterocycles. The number of carbonyl (C=O) groups excluding carboxylic acids is 1. The van der Waals surface area contributed by atoms with Crippen molar-refractivity contribution < 1.29 is 9.53 Å². The third-order valence-electron chi connectivity index (χ3n) is 5.39. The maximum Gasteiger partial charge on any atom is 0.252 e. The van der Waals surface area contributed by atoms with Gasteiger partial charge in [0.2, 0.25) is 0 Å². The van der Waals surface area contributed by atoms with Gasteiger partial charge in [-0.25, -0.2) is 0 Å². The number of para-hydroxylation sites is 2. The lowest BCUT2D eigenvalue weighted by molar-refractivity contribution is 0.0951. The Bertz CT molecular complexity index is 941. The Hall–Kier alpha value is -2.90. The number of ether oxygens (including phenoxy) is 1. The van der Waals surface area contributed by atoms with Gasteiger partial charge in [-0.05, 0) is 48.7 Å². The number of hydrogen-bond donors (Lipinski definition) is 1. The maximum atomic E-state index is 12.1. The van der Waals surface area contributed by atoms with Crippen molar-refractivity contribution in [1.82, 2.24) is 15.2 Å². The van der Waals surface area contributed by atoms with E-state index in [1.54, 1.807) is 35.9 Å². The highest BCUT2D eigenvalue weighted by atomic mass is 32.1. The van der Waals surface area contributed by atoms with Crippen LogP contribution >= 0.6 is 11.3 Å². The minimum Gasteiger partial charge on any atom is -0.486 e. The molecule has 0 spiro atoms. The number of pyridine rings is 1. The van der Waals surface area contributed by atoms with Crippen LogP contribution in [0.1, 0.15) is 21.7 Å². The quantitative estimate of drug-likeness (QED) is 0.519. The molecule has 4 rings (SSSR count). The first-order valence-corrected chi connectivity index (χ1v) is 11.6. The van der Waals surface area contributed by atoms with Gasteiger partial charge in [0.15, 0.2) is 0 Å². The van der Waals surface area contributed by atoms with Gasteiger partial charge in [-0.3, -0.25) is 14.7 Å². The van der Waals surface area contributed by atoms with Crippen molar-refractivity contribution in [3.8, 4) is 5.75 Å². The Balaban J connectivity index is 1.20. The van der Waals surface area contributed by atoms with Crippen LogP contribution in [0.15, 0.2) is 66.3 Å². The normalized spacial score (nSPS) is 14.4. The SMILES string of the molecule is O=C(NCCCN1CCN(c2ccccc2OCc2cccs2)CC1)c1cccnc1. The van der Waals surface area contributed by atoms with Gasteiger partial charge in [0.05, 0.1) is 11.3 Å². The summed E-state index contributed by atoms with van der Waals surface area (Å²) in [5, 5.41) is 5.05. The number of aromatic nitrogens is 1. The van der Waals surface area contributed by atoms with Gasteiger partial charge in [0.1, 0.15) is 12.4 Å². The van der Waals surface area contributed by atoms with Crippen LogP contribution in [0.2, 0.25) is 0 Å². The topological polar surface area (TPSA) is 57.7 Å². The van der Waals surface area contributed by atoms with E-state index < -0.39 is 0 Å². The van der Waals surface area contributed by atoms with E-state index in [1.165, 1.54) is 10.6 Å². The monoisotopic (exact) mass is 436 g/mol. The van der Waals surface area contributed by atoms with Crippen molar-refractivity contribution in [3.63, 3.8) is 0 Å². The zero-order valence-electron chi connectivity index (χ0n) is 17.6. The van der Waals surface area contributed by atoms with E-state index in [2.05, 4.69) is 55.8 Å². The lowest BCUT2D eigenvalue weighted by Crippen LogP contribution is -2.47. The fourth-order valence-electron chi connectivity index (χ4n) is 3.70. The fourth-order valence-corrected chi connectivity index (χ4v) is 4.32. The zero-order chi connectivity index (χ0) is 21.3. The molecule has 1 saturated heterocycles. The van der Waals surface area contributed by atoms with Crippen molar-refractivity contribution in [3.05, 3.63) is 76.7 Å². The van der Waals surface area contributed by atoms with Crippen LogP contribution in [0, 0.1) is 0 Å². The number of anilines is 1. The molecular weight excluding hydrogens is 408 g/mol. The molecule has 1 amide bonds. The van der Waals surface area contributed by atoms with Gasteiger partial charge in [-0.15, -0.1) is 11.3 Å². The Labute approximate surface area is 187 Å². The molecule has 162 valence electrons. The summed E-state index contributed by atoms with van der Waals surface area (Å²) >= 11 is 1.72. The standard InChI is InChI=1S/C24H28N4O2S/c29-24(20-6-3-10-25-18-20)26-11-5-12-27-13-15-28(16-14-27)22-8-1-2-9-23(22)30-19-21-7-4-17-31-21/h1-4,6-10,17-18H,5,11-16,19H2,(H,26,29). The molecule has 6 nitrogen and oxygen atoms in total. The number of nitrogens with zero attached hydrogens (tertiary/aromatic N) is 3. The summed E-state index contributed by atoms with van der Waals surface area (Å²) in [6, 6.07) is 16.0. The van der Waals surface area contributed by atoms with Gasteiger partial charge in [0, 0.05) is 50.0 Å². The molecule has 0 bridgehead atoms. The summed E-state index contributed by atoms with van der Waals surface area (Å²) in [6.07, 6.45) is 4.20. The summed E-state index contributed by atoms with van der Waals surface area (Å²) in [7, 11) is 0. The Morgan fingerprint density at radius 3 is 2.71 bits per heavy atom. The lowest BCUT2D eigenvalue weighted by atomic mass is 10.2. The molecule has 7 heteroatoms. The van der Waals surface area contributed by atoms with E-state index in [1.807, 2.05) is 6.07 Å². The highest BCUT2D eigenvalue weighted by Gasteiger charge is 2.19. The number of thiophene rings is 1. The van der Waals surface area contributed by atoms with Gasteiger partial charge >= 0.3 is 0 Å². The number of rotatable bonds is 9. The Morgan fingerprint density at radius 2 is 1.94 bits per heavy atom. The minimum atomic E-state index is -0.0583. The van der Waals surface area contributed by atoms with Gasteiger partial charge < -0.3 is 15.0 Å². The molecule has 1 N–H and O–H groups in total. The maximum absolute atomic E-state index is 12.1. The van der Waals surface area contributed by atoms with Crippen molar-refractivity contribution in [1.29, 1.82) is 0 Å². The molecule has 1 aliphatic rings. The second kappa shape index (κ2) is 10.9. The molecule has 31 heavy (non-hydrogen) atoms. The van der Waals surface area contributed by atoms with E-state index in [4.69, 9.17) is 4.74 Å². The van der Waals surface area contributed by atoms with E-state index >= 15 is 0 Å². The predicted octanol–water partition coefficient (Wildman–Crippen LogP) is 3.66. The highest BCUT2D eigenvalue weighted by Crippen LogP contribution is 2.30. The Kier molecular flexibility index (Phi) is 7.52. The number of carbonyl (C=O) groups is 1. The molecule has 1 aliphatic heterocycles. The van der Waals surface area contributed by atoms with Gasteiger partial charge in [0.25, 0.3) is 5.91 Å². The summed E-state index contributed by atoms with van der Waals surface area (Å²) in [4.78, 5) is 22.2. The number of piperazine rings is 1. The van der Waals surface area contributed by atoms with Crippen molar-refractivity contribution in [2.45, 2.75) is 13.0 Å². The summed E-state index contributed by atoms with van der Waals surface area (Å²) in [6.45, 7) is 6.24. The third kappa shape index (κ3) is 6.06. The molecule has 3 aromatic rings. The number of nitrogens with one attached hydrogen (secondary N) is 1. The summed E-state index contributed by atoms with van der Waals surface area (Å²) < 4.78 is 6.11. The molecule has 0 unspecified atom stereocenters. The molecule has 2 aromatic heterocycles. The second-order valence-corrected chi connectivity index (χ2v) is 8.55. The van der Waals surface area contributed by atoms with Crippen LogP contribution in [0.4, 0.5) is 5.69 Å². The molecular formula is C24H28N4O2S. The molecule has 0 atom stereocenters. The van der Waals surface area contributed by atoms with E-state index in [-0.39, 0.29) is 5.91 Å². The van der Waals surface area contributed by atoms with E-state index in [0.717, 1.165) is 44.9 Å². The average molecular weight is 437 g/mol. The average Bonchev–Trinajstić information content (AvgIpc) is 3.35. The molecule has 1 aromatic carbocycles. The first-order valence-electron chi connectivity index (χ1n) is 10.7. The van der Waals surface area contributed by atoms with Crippen LogP contribution in [-0.2, 0) is 6.61 Å². The first-order chi connectivity index (χ1) is 15.3. The zero-order valence-corrected chi connectivity index (χ0v) is 18.4. The van der Waals surface area contributed by atoms with Crippen LogP contribution in [0.3, 0.4) is 0 Å². The van der Waals surface area contributed by atoms with E-state index in [0.29, 0.717) is 18.7 Å². The highest BCUT2D eigenvalue weighted by molar-refractivity contribution is 7.09. The van der Waals surface area contributed by atoms with Crippen LogP contribution in [0.5, 0.6) is 5.75 Å². The molecule has 0 aliphatic carbocycles. The number of amides is 1. The Morgan fingerprint density at radius 1 is 1.06 bits per heavy atom. The second-order valence-electron chi connectivity index (χ2n) is 7.52. The summed E-state index contributed by atoms with van der Waals surface area (Å²) in [5.74, 6) is 0.888. The van der Waals surface area contributed by atoms with Crippen molar-refractivity contribution in [2.75, 3.05) is 44.2 Å². The fraction of sp³-hybridized carbons (Fsp3) is 0.333. The molecule has 1 fully saturated rings. The summed E-state index contributed by atoms with van der Waals surface area (Å²) in [5.41, 5.74) is 1.78. The minimum absolute atomic E-state index is 0.0583. The predicted molar refractivity (Wildman–Crippen MR) is 125 cm³/mol. The van der Waals surface area contributed by atoms with E-state index in [9.17, 15) is 4.79 Å². The smallest absolute Gasteiger partial charge is 0.252 e. The largest absolute Gasteiger partial charge is 0.486 e. The lowest BCUT2D eigenvalue weighted by Gasteiger charge is -2.36. The van der Waals surface area contributed by atoms with Crippen LogP contribution in [-0.4, -0.2) is 55.1 Å². The van der Waals surface area contributed by atoms with Gasteiger partial charge in [-0.2, -0.15) is 0 Å². The number of benzene rings is 1. The number of hydrogen-bond acceptors (Lipinski definition) is 6. The van der Waals surface area contributed by atoms with Crippen LogP contribution < -0.4 is 15.0 Å². The van der Waals surface area contributed by atoms with Gasteiger partial charge in [-0.1, -0.05) is 18.2 Å². The van der Waals surface area contributed by atoms with Crippen LogP contribution in [0.25, 0.3) is 0 Å². The first kappa shape index (κ1) is 21.3. The van der Waals surface area contributed by atoms with Crippen molar-refractivity contribution >= 4 is 22.9 Å².